The van der Waals surface area contributed by atoms with Crippen molar-refractivity contribution in [3.05, 3.63) is 11.8 Å². The van der Waals surface area contributed by atoms with Crippen LogP contribution in [0.3, 0.4) is 0 Å². The molecule has 0 bridgehead atoms. The van der Waals surface area contributed by atoms with E-state index in [1.807, 2.05) is 6.08 Å². The molecule has 0 radical (unpaired) electrons. The zero-order valence-corrected chi connectivity index (χ0v) is 23.3. The molecule has 4 rings (SSSR count). The Morgan fingerprint density at radius 2 is 1.73 bits per heavy atom. The van der Waals surface area contributed by atoms with Gasteiger partial charge in [0, 0.05) is 18.1 Å². The van der Waals surface area contributed by atoms with E-state index in [0.717, 1.165) is 19.4 Å². The van der Waals surface area contributed by atoms with Gasteiger partial charge in [-0.3, -0.25) is 0 Å². The lowest BCUT2D eigenvalue weighted by molar-refractivity contribution is -0.303. The maximum atomic E-state index is 11.3. The SMILES string of the molecule is CN[C@@H]1[C@@H](O)[C@@H](O[C@@H]2[C@@H](O)[C@H](O[C@H]3OC(CNCC4CC(N)C4)=CC[C@H]3N=C(N)N)[C@@H](N)C[C@H]2N)OC[C@]1(C)O. The van der Waals surface area contributed by atoms with Crippen molar-refractivity contribution in [2.45, 2.75) is 105 Å². The predicted molar refractivity (Wildman–Crippen MR) is 146 cm³/mol. The largest absolute Gasteiger partial charge is 0.466 e. The summed E-state index contributed by atoms with van der Waals surface area (Å²) in [4.78, 5) is 4.26. The summed E-state index contributed by atoms with van der Waals surface area (Å²) in [5.41, 5.74) is 28.6. The van der Waals surface area contributed by atoms with Crippen LogP contribution in [0.1, 0.15) is 32.6 Å². The van der Waals surface area contributed by atoms with Crippen molar-refractivity contribution in [1.82, 2.24) is 10.6 Å². The van der Waals surface area contributed by atoms with Crippen molar-refractivity contribution in [2.75, 3.05) is 26.7 Å². The first-order valence-corrected chi connectivity index (χ1v) is 14.0. The Morgan fingerprint density at radius 1 is 1.07 bits per heavy atom. The summed E-state index contributed by atoms with van der Waals surface area (Å²) in [6, 6.07) is -2.32. The number of likely N-dealkylation sites (N-methyl/N-ethyl adjacent to an activating group) is 1. The molecule has 0 spiro atoms. The first-order chi connectivity index (χ1) is 18.9. The van der Waals surface area contributed by atoms with Gasteiger partial charge < -0.3 is 73.6 Å². The summed E-state index contributed by atoms with van der Waals surface area (Å²) in [5, 5.41) is 39.0. The summed E-state index contributed by atoms with van der Waals surface area (Å²) in [6.45, 7) is 2.78. The summed E-state index contributed by atoms with van der Waals surface area (Å²) >= 11 is 0. The Kier molecular flexibility index (Phi) is 10.3. The monoisotopic (exact) mass is 572 g/mol. The fourth-order valence-electron chi connectivity index (χ4n) is 6.04. The fourth-order valence-corrected chi connectivity index (χ4v) is 6.04. The molecular weight excluding hydrogens is 524 g/mol. The lowest BCUT2D eigenvalue weighted by atomic mass is 9.81. The van der Waals surface area contributed by atoms with E-state index >= 15 is 0 Å². The van der Waals surface area contributed by atoms with Crippen molar-refractivity contribution < 1.29 is 34.3 Å². The molecule has 2 heterocycles. The molecule has 2 aliphatic carbocycles. The number of hydrogen-bond donors (Lipinski definition) is 10. The van der Waals surface area contributed by atoms with Gasteiger partial charge in [-0.25, -0.2) is 4.99 Å². The number of nitrogens with zero attached hydrogens (tertiary/aromatic N) is 1. The number of ether oxygens (including phenoxy) is 4. The quantitative estimate of drug-likeness (QED) is 0.0879. The van der Waals surface area contributed by atoms with Crippen molar-refractivity contribution >= 4 is 5.96 Å². The van der Waals surface area contributed by atoms with Crippen LogP contribution in [-0.4, -0.2) is 121 Å². The number of nitrogens with two attached hydrogens (primary N) is 5. The van der Waals surface area contributed by atoms with Gasteiger partial charge in [0.2, 0.25) is 6.29 Å². The van der Waals surface area contributed by atoms with Crippen molar-refractivity contribution in [2.24, 2.45) is 39.6 Å². The number of aliphatic imine (C=N–C) groups is 1. The molecule has 0 unspecified atom stereocenters. The van der Waals surface area contributed by atoms with Crippen molar-refractivity contribution in [3.63, 3.8) is 0 Å². The Labute approximate surface area is 234 Å². The highest BCUT2D eigenvalue weighted by Gasteiger charge is 2.51. The van der Waals surface area contributed by atoms with Crippen LogP contribution in [0.25, 0.3) is 0 Å². The molecule has 0 aromatic heterocycles. The molecule has 0 aromatic rings. The summed E-state index contributed by atoms with van der Waals surface area (Å²) < 4.78 is 24.0. The van der Waals surface area contributed by atoms with Gasteiger partial charge in [-0.15, -0.1) is 0 Å². The Balaban J connectivity index is 1.41. The number of rotatable bonds is 10. The van der Waals surface area contributed by atoms with Crippen LogP contribution in [0.2, 0.25) is 0 Å². The molecule has 15 nitrogen and oxygen atoms in total. The minimum absolute atomic E-state index is 0.0927. The Morgan fingerprint density at radius 3 is 2.33 bits per heavy atom. The maximum Gasteiger partial charge on any atom is 0.222 e. The highest BCUT2D eigenvalue weighted by Crippen LogP contribution is 2.32. The van der Waals surface area contributed by atoms with Gasteiger partial charge in [-0.05, 0) is 58.2 Å². The maximum absolute atomic E-state index is 11.3. The molecule has 11 atom stereocenters. The fraction of sp³-hybridized carbons (Fsp3) is 0.880. The van der Waals surface area contributed by atoms with Crippen LogP contribution in [0, 0.1) is 5.92 Å². The van der Waals surface area contributed by atoms with Gasteiger partial charge in [0.15, 0.2) is 12.2 Å². The van der Waals surface area contributed by atoms with E-state index in [1.54, 1.807) is 14.0 Å². The van der Waals surface area contributed by atoms with Crippen molar-refractivity contribution in [3.8, 4) is 0 Å². The van der Waals surface area contributed by atoms with Crippen LogP contribution in [0.5, 0.6) is 0 Å². The Hall–Kier alpha value is -1.63. The molecule has 2 saturated carbocycles. The van der Waals surface area contributed by atoms with E-state index in [2.05, 4.69) is 15.6 Å². The molecule has 4 aliphatic rings. The van der Waals surface area contributed by atoms with Crippen LogP contribution < -0.4 is 39.3 Å². The molecule has 0 aromatic carbocycles. The van der Waals surface area contributed by atoms with E-state index < -0.39 is 66.8 Å². The van der Waals surface area contributed by atoms with Crippen LogP contribution in [-0.2, 0) is 18.9 Å². The third kappa shape index (κ3) is 7.22. The molecule has 230 valence electrons. The third-order valence-electron chi connectivity index (χ3n) is 8.27. The summed E-state index contributed by atoms with van der Waals surface area (Å²) in [7, 11) is 1.62. The summed E-state index contributed by atoms with van der Waals surface area (Å²) in [6.07, 6.45) is -1.89. The second-order valence-electron chi connectivity index (χ2n) is 11.8. The van der Waals surface area contributed by atoms with Gasteiger partial charge in [0.05, 0.1) is 19.2 Å². The molecule has 1 saturated heterocycles. The third-order valence-corrected chi connectivity index (χ3v) is 8.27. The number of nitrogens with one attached hydrogen (secondary N) is 2. The zero-order chi connectivity index (χ0) is 29.2. The number of aliphatic hydroxyl groups is 3. The number of aliphatic hydroxyl groups excluding tert-OH is 2. The van der Waals surface area contributed by atoms with Crippen LogP contribution in [0.15, 0.2) is 16.8 Å². The second-order valence-corrected chi connectivity index (χ2v) is 11.8. The van der Waals surface area contributed by atoms with E-state index in [1.165, 1.54) is 0 Å². The number of guanidine groups is 1. The lowest BCUT2D eigenvalue weighted by Gasteiger charge is -2.48. The smallest absolute Gasteiger partial charge is 0.222 e. The average Bonchev–Trinajstić information content (AvgIpc) is 2.85. The summed E-state index contributed by atoms with van der Waals surface area (Å²) in [5.74, 6) is 1.11. The normalized spacial score (nSPS) is 45.6. The minimum atomic E-state index is -1.32. The van der Waals surface area contributed by atoms with Gasteiger partial charge in [-0.1, -0.05) is 0 Å². The number of hydrogen-bond acceptors (Lipinski definition) is 13. The zero-order valence-electron chi connectivity index (χ0n) is 23.3. The Bertz CT molecular complexity index is 900. The molecule has 15 heteroatoms. The van der Waals surface area contributed by atoms with E-state index in [0.29, 0.717) is 24.6 Å². The van der Waals surface area contributed by atoms with E-state index in [-0.39, 0.29) is 25.0 Å². The van der Waals surface area contributed by atoms with Gasteiger partial charge in [0.1, 0.15) is 41.8 Å². The second kappa shape index (κ2) is 13.1. The molecular formula is C25H48N8O7. The molecule has 0 amide bonds. The van der Waals surface area contributed by atoms with Crippen LogP contribution >= 0.6 is 0 Å². The molecule has 15 N–H and O–H groups in total. The molecule has 3 fully saturated rings. The van der Waals surface area contributed by atoms with E-state index in [4.69, 9.17) is 47.6 Å². The highest BCUT2D eigenvalue weighted by atomic mass is 16.7. The van der Waals surface area contributed by atoms with Crippen LogP contribution in [0.4, 0.5) is 0 Å². The topological polar surface area (TPSA) is 264 Å². The predicted octanol–water partition coefficient (Wildman–Crippen LogP) is -4.17. The van der Waals surface area contributed by atoms with E-state index in [9.17, 15) is 15.3 Å². The molecule has 2 aliphatic heterocycles. The first kappa shape index (κ1) is 31.3. The van der Waals surface area contributed by atoms with Gasteiger partial charge >= 0.3 is 0 Å². The standard InChI is InChI=1S/C25H48N8O7/c1-25(36)10-37-23(18(35)21(25)31-2)40-20-15(28)7-14(27)19(17(20)34)39-22-16(33-24(29)30)4-3-13(38-22)9-32-8-11-5-12(26)6-11/h3,11-12,14-23,31-32,34-36H,4-10,26-28H2,1-2H3,(H4,29,30,33)/t11?,12?,14-,15+,16+,17-,18+,19+,20-,21+,22+,23+,25-/m0/s1. The minimum Gasteiger partial charge on any atom is -0.466 e. The molecule has 40 heavy (non-hydrogen) atoms. The first-order valence-electron chi connectivity index (χ1n) is 14.0. The highest BCUT2D eigenvalue weighted by molar-refractivity contribution is 5.75. The lowest BCUT2D eigenvalue weighted by Crippen LogP contribution is -2.68. The van der Waals surface area contributed by atoms with Crippen molar-refractivity contribution in [1.29, 1.82) is 0 Å². The van der Waals surface area contributed by atoms with Gasteiger partial charge in [0.25, 0.3) is 0 Å². The average molecular weight is 573 g/mol. The van der Waals surface area contributed by atoms with Gasteiger partial charge in [-0.2, -0.15) is 0 Å².